The molecule has 2 saturated heterocycles. The zero-order valence-electron chi connectivity index (χ0n) is 11.5. The molecule has 3 nitrogen and oxygen atoms in total. The third-order valence-electron chi connectivity index (χ3n) is 4.37. The summed E-state index contributed by atoms with van der Waals surface area (Å²) in [5.41, 5.74) is 0. The number of hydrogen-bond acceptors (Lipinski definition) is 3. The van der Waals surface area contributed by atoms with Crippen molar-refractivity contribution in [1.82, 2.24) is 10.2 Å². The van der Waals surface area contributed by atoms with E-state index in [0.717, 1.165) is 18.7 Å². The van der Waals surface area contributed by atoms with Gasteiger partial charge in [0.25, 0.3) is 0 Å². The SMILES string of the molecule is CC1CC(NCCCC2CCCO2)CCN1C. The summed E-state index contributed by atoms with van der Waals surface area (Å²) in [4.78, 5) is 2.46. The van der Waals surface area contributed by atoms with Gasteiger partial charge in [0, 0.05) is 18.7 Å². The summed E-state index contributed by atoms with van der Waals surface area (Å²) in [6, 6.07) is 1.48. The first-order valence-corrected chi connectivity index (χ1v) is 7.31. The number of nitrogens with one attached hydrogen (secondary N) is 1. The molecule has 0 aromatic rings. The average molecular weight is 240 g/mol. The van der Waals surface area contributed by atoms with Gasteiger partial charge in [-0.2, -0.15) is 0 Å². The molecule has 0 saturated carbocycles. The number of nitrogens with zero attached hydrogens (tertiary/aromatic N) is 1. The van der Waals surface area contributed by atoms with Crippen LogP contribution < -0.4 is 5.32 Å². The molecule has 3 unspecified atom stereocenters. The van der Waals surface area contributed by atoms with E-state index in [1.165, 1.54) is 51.6 Å². The Morgan fingerprint density at radius 2 is 2.24 bits per heavy atom. The van der Waals surface area contributed by atoms with Crippen LogP contribution in [-0.4, -0.2) is 49.8 Å². The summed E-state index contributed by atoms with van der Waals surface area (Å²) >= 11 is 0. The fourth-order valence-corrected chi connectivity index (χ4v) is 2.98. The maximum atomic E-state index is 5.64. The van der Waals surface area contributed by atoms with E-state index in [-0.39, 0.29) is 0 Å². The molecule has 3 heteroatoms. The lowest BCUT2D eigenvalue weighted by Crippen LogP contribution is -2.45. The molecule has 0 aromatic heterocycles. The molecule has 0 spiro atoms. The number of ether oxygens (including phenoxy) is 1. The first kappa shape index (κ1) is 13.3. The van der Waals surface area contributed by atoms with Gasteiger partial charge in [-0.05, 0) is 65.6 Å². The fourth-order valence-electron chi connectivity index (χ4n) is 2.98. The van der Waals surface area contributed by atoms with Gasteiger partial charge >= 0.3 is 0 Å². The van der Waals surface area contributed by atoms with Crippen molar-refractivity contribution in [1.29, 1.82) is 0 Å². The Morgan fingerprint density at radius 1 is 1.35 bits per heavy atom. The van der Waals surface area contributed by atoms with Gasteiger partial charge in [0.1, 0.15) is 0 Å². The van der Waals surface area contributed by atoms with Crippen molar-refractivity contribution in [2.75, 3.05) is 26.7 Å². The molecule has 1 N–H and O–H groups in total. The molecule has 2 heterocycles. The van der Waals surface area contributed by atoms with Gasteiger partial charge in [-0.3, -0.25) is 0 Å². The highest BCUT2D eigenvalue weighted by Gasteiger charge is 2.22. The molecule has 0 bridgehead atoms. The van der Waals surface area contributed by atoms with Crippen LogP contribution in [0.1, 0.15) is 45.4 Å². The van der Waals surface area contributed by atoms with Crippen LogP contribution in [0, 0.1) is 0 Å². The second-order valence-corrected chi connectivity index (χ2v) is 5.78. The standard InChI is InChI=1S/C14H28N2O/c1-12-11-13(7-9-16(12)2)15-8-3-5-14-6-4-10-17-14/h12-15H,3-11H2,1-2H3. The van der Waals surface area contributed by atoms with Crippen molar-refractivity contribution in [2.45, 2.75) is 63.6 Å². The van der Waals surface area contributed by atoms with Crippen LogP contribution in [0.15, 0.2) is 0 Å². The zero-order valence-corrected chi connectivity index (χ0v) is 11.5. The van der Waals surface area contributed by atoms with Crippen molar-refractivity contribution in [2.24, 2.45) is 0 Å². The first-order valence-electron chi connectivity index (χ1n) is 7.31. The van der Waals surface area contributed by atoms with E-state index >= 15 is 0 Å². The van der Waals surface area contributed by atoms with E-state index in [4.69, 9.17) is 4.74 Å². The van der Waals surface area contributed by atoms with Gasteiger partial charge < -0.3 is 15.0 Å². The minimum Gasteiger partial charge on any atom is -0.378 e. The van der Waals surface area contributed by atoms with Crippen molar-refractivity contribution >= 4 is 0 Å². The molecule has 3 atom stereocenters. The lowest BCUT2D eigenvalue weighted by atomic mass is 9.99. The lowest BCUT2D eigenvalue weighted by Gasteiger charge is -2.35. The summed E-state index contributed by atoms with van der Waals surface area (Å²) in [6.07, 6.45) is 8.24. The van der Waals surface area contributed by atoms with Crippen molar-refractivity contribution in [3.05, 3.63) is 0 Å². The molecule has 0 aromatic carbocycles. The third-order valence-corrected chi connectivity index (χ3v) is 4.37. The molecule has 2 fully saturated rings. The van der Waals surface area contributed by atoms with E-state index < -0.39 is 0 Å². The third kappa shape index (κ3) is 4.23. The van der Waals surface area contributed by atoms with Crippen LogP contribution in [-0.2, 0) is 4.74 Å². The van der Waals surface area contributed by atoms with Gasteiger partial charge in [0.15, 0.2) is 0 Å². The van der Waals surface area contributed by atoms with Crippen LogP contribution in [0.4, 0.5) is 0 Å². The lowest BCUT2D eigenvalue weighted by molar-refractivity contribution is 0.101. The molecular formula is C14H28N2O. The van der Waals surface area contributed by atoms with Crippen molar-refractivity contribution < 1.29 is 4.74 Å². The van der Waals surface area contributed by atoms with E-state index in [1.807, 2.05) is 0 Å². The predicted octanol–water partition coefficient (Wildman–Crippen LogP) is 2.02. The highest BCUT2D eigenvalue weighted by molar-refractivity contribution is 4.81. The average Bonchev–Trinajstić information content (AvgIpc) is 2.82. The Bertz CT molecular complexity index is 216. The molecule has 2 rings (SSSR count). The second-order valence-electron chi connectivity index (χ2n) is 5.78. The predicted molar refractivity (Wildman–Crippen MR) is 71.3 cm³/mol. The largest absolute Gasteiger partial charge is 0.378 e. The summed E-state index contributed by atoms with van der Waals surface area (Å²) in [5.74, 6) is 0. The van der Waals surface area contributed by atoms with Crippen molar-refractivity contribution in [3.63, 3.8) is 0 Å². The van der Waals surface area contributed by atoms with E-state index in [1.54, 1.807) is 0 Å². The maximum Gasteiger partial charge on any atom is 0.0576 e. The summed E-state index contributed by atoms with van der Waals surface area (Å²) in [5, 5.41) is 3.71. The van der Waals surface area contributed by atoms with Crippen LogP contribution in [0.25, 0.3) is 0 Å². The smallest absolute Gasteiger partial charge is 0.0576 e. The van der Waals surface area contributed by atoms with Gasteiger partial charge in [0.2, 0.25) is 0 Å². The first-order chi connectivity index (χ1) is 8.25. The quantitative estimate of drug-likeness (QED) is 0.744. The Kier molecular flexibility index (Phi) is 5.26. The number of rotatable bonds is 5. The van der Waals surface area contributed by atoms with Crippen molar-refractivity contribution in [3.8, 4) is 0 Å². The summed E-state index contributed by atoms with van der Waals surface area (Å²) in [6.45, 7) is 5.73. The minimum atomic E-state index is 0.563. The van der Waals surface area contributed by atoms with Crippen LogP contribution in [0.5, 0.6) is 0 Å². The maximum absolute atomic E-state index is 5.64. The molecule has 0 aliphatic carbocycles. The number of piperidine rings is 1. The van der Waals surface area contributed by atoms with Gasteiger partial charge in [-0.15, -0.1) is 0 Å². The van der Waals surface area contributed by atoms with E-state index in [2.05, 4.69) is 24.2 Å². The summed E-state index contributed by atoms with van der Waals surface area (Å²) < 4.78 is 5.64. The van der Waals surface area contributed by atoms with Crippen LogP contribution in [0.3, 0.4) is 0 Å². The van der Waals surface area contributed by atoms with Gasteiger partial charge in [-0.1, -0.05) is 0 Å². The van der Waals surface area contributed by atoms with E-state index in [9.17, 15) is 0 Å². The van der Waals surface area contributed by atoms with E-state index in [0.29, 0.717) is 6.10 Å². The number of likely N-dealkylation sites (tertiary alicyclic amines) is 1. The van der Waals surface area contributed by atoms with Gasteiger partial charge in [-0.25, -0.2) is 0 Å². The van der Waals surface area contributed by atoms with Gasteiger partial charge in [0.05, 0.1) is 6.10 Å². The Balaban J connectivity index is 1.53. The normalized spacial score (nSPS) is 35.3. The summed E-state index contributed by atoms with van der Waals surface area (Å²) in [7, 11) is 2.23. The fraction of sp³-hybridized carbons (Fsp3) is 1.00. The highest BCUT2D eigenvalue weighted by Crippen LogP contribution is 2.17. The second kappa shape index (κ2) is 6.72. The molecule has 2 aliphatic heterocycles. The van der Waals surface area contributed by atoms with Crippen LogP contribution >= 0.6 is 0 Å². The Hall–Kier alpha value is -0.120. The molecule has 2 aliphatic rings. The molecule has 100 valence electrons. The minimum absolute atomic E-state index is 0.563. The monoisotopic (exact) mass is 240 g/mol. The molecular weight excluding hydrogens is 212 g/mol. The van der Waals surface area contributed by atoms with Crippen LogP contribution in [0.2, 0.25) is 0 Å². The highest BCUT2D eigenvalue weighted by atomic mass is 16.5. The molecule has 0 amide bonds. The Morgan fingerprint density at radius 3 is 2.94 bits per heavy atom. The topological polar surface area (TPSA) is 24.5 Å². The molecule has 0 radical (unpaired) electrons. The Labute approximate surface area is 106 Å². The zero-order chi connectivity index (χ0) is 12.1. The number of hydrogen-bond donors (Lipinski definition) is 1. The molecule has 17 heavy (non-hydrogen) atoms.